The first kappa shape index (κ1) is 17.4. The number of carbonyl (C=O) groups excluding carboxylic acids is 1. The normalized spacial score (nSPS) is 9.92. The molecule has 2 aromatic rings. The molecule has 126 valence electrons. The molecule has 1 amide bonds. The topological polar surface area (TPSA) is 56.8 Å². The number of methoxy groups -OCH3 is 1. The van der Waals surface area contributed by atoms with Gasteiger partial charge in [0.05, 0.1) is 7.11 Å². The van der Waals surface area contributed by atoms with Gasteiger partial charge in [0.25, 0.3) is 5.91 Å². The molecule has 0 heterocycles. The second-order valence-electron chi connectivity index (χ2n) is 5.26. The van der Waals surface area contributed by atoms with Gasteiger partial charge in [0.1, 0.15) is 12.4 Å². The molecule has 0 aliphatic heterocycles. The van der Waals surface area contributed by atoms with Crippen LogP contribution in [-0.4, -0.2) is 26.2 Å². The Bertz CT molecular complexity index is 695. The lowest BCUT2D eigenvalue weighted by Gasteiger charge is -2.11. The number of rotatable bonds is 8. The fourth-order valence-corrected chi connectivity index (χ4v) is 1.92. The maximum atomic E-state index is 12.0. The second kappa shape index (κ2) is 8.62. The van der Waals surface area contributed by atoms with Crippen LogP contribution in [0.15, 0.2) is 60.7 Å². The van der Waals surface area contributed by atoms with Crippen LogP contribution in [-0.2, 0) is 4.79 Å². The van der Waals surface area contributed by atoms with E-state index in [-0.39, 0.29) is 12.5 Å². The van der Waals surface area contributed by atoms with E-state index in [2.05, 4.69) is 11.9 Å². The molecule has 2 rings (SSSR count). The van der Waals surface area contributed by atoms with Gasteiger partial charge in [-0.2, -0.15) is 0 Å². The molecule has 24 heavy (non-hydrogen) atoms. The predicted octanol–water partition coefficient (Wildman–Crippen LogP) is 3.67. The van der Waals surface area contributed by atoms with E-state index in [4.69, 9.17) is 14.2 Å². The zero-order valence-electron chi connectivity index (χ0n) is 13.9. The third kappa shape index (κ3) is 5.35. The number of para-hydroxylation sites is 2. The number of anilines is 1. The number of benzene rings is 2. The maximum Gasteiger partial charge on any atom is 0.262 e. The van der Waals surface area contributed by atoms with Crippen molar-refractivity contribution in [3.8, 4) is 17.2 Å². The largest absolute Gasteiger partial charge is 0.493 e. The SMILES string of the molecule is C=C(C)COc1ccc(NC(=O)COc2ccccc2OC)cc1. The van der Waals surface area contributed by atoms with E-state index in [1.54, 1.807) is 43.5 Å². The molecule has 0 saturated carbocycles. The lowest BCUT2D eigenvalue weighted by Crippen LogP contribution is -2.20. The molecule has 0 spiro atoms. The highest BCUT2D eigenvalue weighted by atomic mass is 16.5. The Balaban J connectivity index is 1.84. The number of amides is 1. The number of nitrogens with one attached hydrogen (secondary N) is 1. The Kier molecular flexibility index (Phi) is 6.25. The fraction of sp³-hybridized carbons (Fsp3) is 0.211. The van der Waals surface area contributed by atoms with Gasteiger partial charge in [0, 0.05) is 5.69 Å². The number of carbonyl (C=O) groups is 1. The molecular formula is C19H21NO4. The summed E-state index contributed by atoms with van der Waals surface area (Å²) < 4.78 is 16.2. The van der Waals surface area contributed by atoms with Gasteiger partial charge in [-0.05, 0) is 48.9 Å². The summed E-state index contributed by atoms with van der Waals surface area (Å²) in [5.41, 5.74) is 1.62. The lowest BCUT2D eigenvalue weighted by atomic mass is 10.3. The molecule has 1 N–H and O–H groups in total. The molecule has 0 radical (unpaired) electrons. The first-order chi connectivity index (χ1) is 11.6. The molecule has 5 nitrogen and oxygen atoms in total. The predicted molar refractivity (Wildman–Crippen MR) is 93.9 cm³/mol. The summed E-state index contributed by atoms with van der Waals surface area (Å²) in [6.07, 6.45) is 0. The Morgan fingerprint density at radius 2 is 1.67 bits per heavy atom. The Morgan fingerprint density at radius 1 is 1.00 bits per heavy atom. The lowest BCUT2D eigenvalue weighted by molar-refractivity contribution is -0.118. The molecule has 0 fully saturated rings. The quantitative estimate of drug-likeness (QED) is 0.752. The standard InChI is InChI=1S/C19H21NO4/c1-14(2)12-23-16-10-8-15(9-11-16)20-19(21)13-24-18-7-5-4-6-17(18)22-3/h4-11H,1,12-13H2,2-3H3,(H,20,21). The average molecular weight is 327 g/mol. The second-order valence-corrected chi connectivity index (χ2v) is 5.26. The van der Waals surface area contributed by atoms with Crippen molar-refractivity contribution in [2.45, 2.75) is 6.92 Å². The van der Waals surface area contributed by atoms with Gasteiger partial charge in [0.15, 0.2) is 18.1 Å². The van der Waals surface area contributed by atoms with Crippen LogP contribution in [0.5, 0.6) is 17.2 Å². The van der Waals surface area contributed by atoms with Gasteiger partial charge in [-0.1, -0.05) is 18.7 Å². The molecule has 0 aliphatic carbocycles. The first-order valence-electron chi connectivity index (χ1n) is 7.51. The van der Waals surface area contributed by atoms with Crippen molar-refractivity contribution in [2.24, 2.45) is 0 Å². The third-order valence-corrected chi connectivity index (χ3v) is 3.05. The van der Waals surface area contributed by atoms with Crippen molar-refractivity contribution in [3.63, 3.8) is 0 Å². The molecule has 0 unspecified atom stereocenters. The average Bonchev–Trinajstić information content (AvgIpc) is 2.59. The van der Waals surface area contributed by atoms with Gasteiger partial charge < -0.3 is 19.5 Å². The van der Waals surface area contributed by atoms with E-state index in [1.807, 2.05) is 19.1 Å². The molecule has 0 saturated heterocycles. The van der Waals surface area contributed by atoms with E-state index in [9.17, 15) is 4.79 Å². The Morgan fingerprint density at radius 3 is 2.29 bits per heavy atom. The molecule has 0 bridgehead atoms. The smallest absolute Gasteiger partial charge is 0.262 e. The summed E-state index contributed by atoms with van der Waals surface area (Å²) >= 11 is 0. The van der Waals surface area contributed by atoms with Gasteiger partial charge in [-0.15, -0.1) is 0 Å². The van der Waals surface area contributed by atoms with E-state index in [0.29, 0.717) is 23.8 Å². The number of ether oxygens (including phenoxy) is 3. The molecule has 0 aliphatic rings. The first-order valence-corrected chi connectivity index (χ1v) is 7.51. The van der Waals surface area contributed by atoms with E-state index in [0.717, 1.165) is 11.3 Å². The number of hydrogen-bond acceptors (Lipinski definition) is 4. The van der Waals surface area contributed by atoms with Crippen LogP contribution in [0.3, 0.4) is 0 Å². The maximum absolute atomic E-state index is 12.0. The number of hydrogen-bond donors (Lipinski definition) is 1. The van der Waals surface area contributed by atoms with Crippen LogP contribution in [0.2, 0.25) is 0 Å². The summed E-state index contributed by atoms with van der Waals surface area (Å²) in [4.78, 5) is 12.0. The van der Waals surface area contributed by atoms with Crippen molar-refractivity contribution in [1.82, 2.24) is 0 Å². The molecular weight excluding hydrogens is 306 g/mol. The highest BCUT2D eigenvalue weighted by molar-refractivity contribution is 5.91. The highest BCUT2D eigenvalue weighted by Crippen LogP contribution is 2.25. The van der Waals surface area contributed by atoms with Crippen LogP contribution in [0.25, 0.3) is 0 Å². The zero-order chi connectivity index (χ0) is 17.4. The minimum Gasteiger partial charge on any atom is -0.493 e. The zero-order valence-corrected chi connectivity index (χ0v) is 13.9. The van der Waals surface area contributed by atoms with E-state index >= 15 is 0 Å². The van der Waals surface area contributed by atoms with Gasteiger partial charge >= 0.3 is 0 Å². The van der Waals surface area contributed by atoms with Crippen molar-refractivity contribution in [3.05, 3.63) is 60.7 Å². The molecule has 0 atom stereocenters. The third-order valence-electron chi connectivity index (χ3n) is 3.05. The fourth-order valence-electron chi connectivity index (χ4n) is 1.92. The highest BCUT2D eigenvalue weighted by Gasteiger charge is 2.07. The summed E-state index contributed by atoms with van der Waals surface area (Å²) in [5.74, 6) is 1.58. The molecule has 5 heteroatoms. The Hall–Kier alpha value is -2.95. The molecule has 0 aromatic heterocycles. The van der Waals surface area contributed by atoms with Crippen LogP contribution in [0, 0.1) is 0 Å². The van der Waals surface area contributed by atoms with Gasteiger partial charge in [0.2, 0.25) is 0 Å². The minimum atomic E-state index is -0.253. The molecule has 2 aromatic carbocycles. The summed E-state index contributed by atoms with van der Waals surface area (Å²) in [6.45, 7) is 6.05. The van der Waals surface area contributed by atoms with Gasteiger partial charge in [-0.25, -0.2) is 0 Å². The summed E-state index contributed by atoms with van der Waals surface area (Å²) in [7, 11) is 1.56. The van der Waals surface area contributed by atoms with Crippen molar-refractivity contribution < 1.29 is 19.0 Å². The summed E-state index contributed by atoms with van der Waals surface area (Å²) in [5, 5.41) is 2.76. The Labute approximate surface area is 141 Å². The van der Waals surface area contributed by atoms with Crippen LogP contribution < -0.4 is 19.5 Å². The van der Waals surface area contributed by atoms with Gasteiger partial charge in [-0.3, -0.25) is 4.79 Å². The summed E-state index contributed by atoms with van der Waals surface area (Å²) in [6, 6.07) is 14.3. The van der Waals surface area contributed by atoms with Crippen LogP contribution in [0.1, 0.15) is 6.92 Å². The van der Waals surface area contributed by atoms with Crippen LogP contribution >= 0.6 is 0 Å². The van der Waals surface area contributed by atoms with Crippen molar-refractivity contribution in [2.75, 3.05) is 25.6 Å². The van der Waals surface area contributed by atoms with E-state index < -0.39 is 0 Å². The van der Waals surface area contributed by atoms with E-state index in [1.165, 1.54) is 0 Å². The minimum absolute atomic E-state index is 0.103. The monoisotopic (exact) mass is 327 g/mol. The van der Waals surface area contributed by atoms with Crippen LogP contribution in [0.4, 0.5) is 5.69 Å². The van der Waals surface area contributed by atoms with Crippen molar-refractivity contribution in [1.29, 1.82) is 0 Å². The van der Waals surface area contributed by atoms with Crippen molar-refractivity contribution >= 4 is 11.6 Å².